The van der Waals surface area contributed by atoms with Crippen LogP contribution in [0.2, 0.25) is 5.02 Å². The Kier molecular flexibility index (Phi) is 5.60. The van der Waals surface area contributed by atoms with E-state index in [2.05, 4.69) is 20.8 Å². The van der Waals surface area contributed by atoms with E-state index in [1.165, 1.54) is 0 Å². The van der Waals surface area contributed by atoms with Crippen molar-refractivity contribution in [2.24, 2.45) is 5.73 Å². The second kappa shape index (κ2) is 7.05. The van der Waals surface area contributed by atoms with Crippen LogP contribution in [0.3, 0.4) is 0 Å². The zero-order valence-corrected chi connectivity index (χ0v) is 14.8. The van der Waals surface area contributed by atoms with E-state index in [1.54, 1.807) is 18.2 Å². The second-order valence-electron chi connectivity index (χ2n) is 5.04. The summed E-state index contributed by atoms with van der Waals surface area (Å²) in [6.45, 7) is 4.87. The Balaban J connectivity index is 2.00. The monoisotopic (exact) mass is 389 g/mol. The molecule has 1 unspecified atom stereocenters. The SMILES string of the molecule is CC(C(N)=S)N1CCN(C(=O)c2ccc(Br)c(Cl)c2)CC1. The van der Waals surface area contributed by atoms with Crippen molar-refractivity contribution >= 4 is 50.6 Å². The number of nitrogens with zero attached hydrogens (tertiary/aromatic N) is 2. The van der Waals surface area contributed by atoms with Gasteiger partial charge in [-0.2, -0.15) is 0 Å². The maximum Gasteiger partial charge on any atom is 0.253 e. The zero-order chi connectivity index (χ0) is 15.6. The number of carbonyl (C=O) groups excluding carboxylic acids is 1. The Hall–Kier alpha value is -0.690. The first-order valence-electron chi connectivity index (χ1n) is 6.68. The smallest absolute Gasteiger partial charge is 0.253 e. The highest BCUT2D eigenvalue weighted by Crippen LogP contribution is 2.24. The van der Waals surface area contributed by atoms with E-state index in [9.17, 15) is 4.79 Å². The number of nitrogens with two attached hydrogens (primary N) is 1. The van der Waals surface area contributed by atoms with Crippen molar-refractivity contribution in [3.05, 3.63) is 33.3 Å². The third-order valence-electron chi connectivity index (χ3n) is 3.73. The predicted octanol–water partition coefficient (Wildman–Crippen LogP) is 2.53. The number of benzene rings is 1. The van der Waals surface area contributed by atoms with E-state index in [0.717, 1.165) is 17.6 Å². The van der Waals surface area contributed by atoms with Crippen molar-refractivity contribution in [1.29, 1.82) is 0 Å². The average molecular weight is 391 g/mol. The van der Waals surface area contributed by atoms with Crippen LogP contribution in [0.1, 0.15) is 17.3 Å². The molecule has 0 aromatic heterocycles. The van der Waals surface area contributed by atoms with Gasteiger partial charge < -0.3 is 10.6 Å². The van der Waals surface area contributed by atoms with Crippen molar-refractivity contribution in [3.8, 4) is 0 Å². The number of halogens is 2. The second-order valence-corrected chi connectivity index (χ2v) is 6.77. The summed E-state index contributed by atoms with van der Waals surface area (Å²) in [5.74, 6) is 0.00651. The summed E-state index contributed by atoms with van der Waals surface area (Å²) in [4.78, 5) is 17.0. The van der Waals surface area contributed by atoms with E-state index >= 15 is 0 Å². The van der Waals surface area contributed by atoms with Crippen molar-refractivity contribution in [1.82, 2.24) is 9.80 Å². The normalized spacial score (nSPS) is 17.6. The average Bonchev–Trinajstić information content (AvgIpc) is 2.48. The van der Waals surface area contributed by atoms with Crippen LogP contribution in [0, 0.1) is 0 Å². The Morgan fingerprint density at radius 2 is 2.00 bits per heavy atom. The minimum atomic E-state index is 0.00651. The fourth-order valence-electron chi connectivity index (χ4n) is 2.30. The Labute approximate surface area is 143 Å². The fraction of sp³-hybridized carbons (Fsp3) is 0.429. The molecule has 1 atom stereocenters. The van der Waals surface area contributed by atoms with Gasteiger partial charge in [0.05, 0.1) is 16.1 Å². The number of hydrogen-bond donors (Lipinski definition) is 1. The maximum atomic E-state index is 12.5. The third kappa shape index (κ3) is 3.94. The highest BCUT2D eigenvalue weighted by molar-refractivity contribution is 9.10. The number of carbonyl (C=O) groups is 1. The summed E-state index contributed by atoms with van der Waals surface area (Å²) in [5.41, 5.74) is 6.28. The molecule has 0 bridgehead atoms. The minimum Gasteiger partial charge on any atom is -0.392 e. The lowest BCUT2D eigenvalue weighted by Gasteiger charge is -2.37. The van der Waals surface area contributed by atoms with Gasteiger partial charge in [0.1, 0.15) is 0 Å². The van der Waals surface area contributed by atoms with Crippen molar-refractivity contribution < 1.29 is 4.79 Å². The van der Waals surface area contributed by atoms with Crippen LogP contribution in [0.4, 0.5) is 0 Å². The van der Waals surface area contributed by atoms with Crippen molar-refractivity contribution in [3.63, 3.8) is 0 Å². The molecule has 114 valence electrons. The molecule has 7 heteroatoms. The van der Waals surface area contributed by atoms with Gasteiger partial charge >= 0.3 is 0 Å². The molecule has 0 aliphatic carbocycles. The third-order valence-corrected chi connectivity index (χ3v) is 5.30. The molecule has 1 aromatic rings. The van der Waals surface area contributed by atoms with Gasteiger partial charge in [0, 0.05) is 36.2 Å². The highest BCUT2D eigenvalue weighted by Gasteiger charge is 2.25. The summed E-state index contributed by atoms with van der Waals surface area (Å²) < 4.78 is 0.788. The largest absolute Gasteiger partial charge is 0.392 e. The first-order chi connectivity index (χ1) is 9.90. The molecule has 1 aliphatic rings. The Morgan fingerprint density at radius 3 is 2.52 bits per heavy atom. The van der Waals surface area contributed by atoms with Gasteiger partial charge in [0.25, 0.3) is 5.91 Å². The zero-order valence-electron chi connectivity index (χ0n) is 11.7. The van der Waals surface area contributed by atoms with E-state index in [1.807, 2.05) is 11.8 Å². The quantitative estimate of drug-likeness (QED) is 0.806. The first-order valence-corrected chi connectivity index (χ1v) is 8.25. The topological polar surface area (TPSA) is 49.6 Å². The molecule has 0 saturated carbocycles. The summed E-state index contributed by atoms with van der Waals surface area (Å²) >= 11 is 14.4. The fourth-order valence-corrected chi connectivity index (χ4v) is 2.88. The molecular weight excluding hydrogens is 374 g/mol. The Bertz CT molecular complexity index is 561. The van der Waals surface area contributed by atoms with Gasteiger partial charge in [-0.05, 0) is 41.1 Å². The van der Waals surface area contributed by atoms with Crippen molar-refractivity contribution in [2.45, 2.75) is 13.0 Å². The lowest BCUT2D eigenvalue weighted by Crippen LogP contribution is -2.53. The molecule has 1 heterocycles. The maximum absolute atomic E-state index is 12.5. The molecule has 21 heavy (non-hydrogen) atoms. The van der Waals surface area contributed by atoms with Gasteiger partial charge in [-0.15, -0.1) is 0 Å². The van der Waals surface area contributed by atoms with E-state index in [0.29, 0.717) is 28.7 Å². The standard InChI is InChI=1S/C14H17BrClN3OS/c1-9(13(17)21)18-4-6-19(7-5-18)14(20)10-2-3-11(15)12(16)8-10/h2-3,8-9H,4-7H2,1H3,(H2,17,21). The number of thiocarbonyl (C=S) groups is 1. The van der Waals surface area contributed by atoms with Crippen LogP contribution in [0.5, 0.6) is 0 Å². The minimum absolute atomic E-state index is 0.00651. The number of piperazine rings is 1. The number of rotatable bonds is 3. The molecule has 0 radical (unpaired) electrons. The molecule has 4 nitrogen and oxygen atoms in total. The van der Waals surface area contributed by atoms with Crippen molar-refractivity contribution in [2.75, 3.05) is 26.2 Å². The van der Waals surface area contributed by atoms with Crippen LogP contribution < -0.4 is 5.73 Å². The van der Waals surface area contributed by atoms with Crippen LogP contribution in [-0.4, -0.2) is 52.9 Å². The van der Waals surface area contributed by atoms with E-state index in [4.69, 9.17) is 29.6 Å². The lowest BCUT2D eigenvalue weighted by atomic mass is 10.1. The van der Waals surface area contributed by atoms with E-state index in [-0.39, 0.29) is 11.9 Å². The summed E-state index contributed by atoms with van der Waals surface area (Å²) in [6, 6.07) is 5.33. The molecule has 1 aliphatic heterocycles. The van der Waals surface area contributed by atoms with Gasteiger partial charge in [-0.25, -0.2) is 0 Å². The Morgan fingerprint density at radius 1 is 1.38 bits per heavy atom. The van der Waals surface area contributed by atoms with Gasteiger partial charge in [0.15, 0.2) is 0 Å². The summed E-state index contributed by atoms with van der Waals surface area (Å²) in [7, 11) is 0. The van der Waals surface area contributed by atoms with Crippen LogP contribution in [0.15, 0.2) is 22.7 Å². The molecular formula is C14H17BrClN3OS. The summed E-state index contributed by atoms with van der Waals surface area (Å²) in [6.07, 6.45) is 0. The van der Waals surface area contributed by atoms with Crippen LogP contribution >= 0.6 is 39.7 Å². The molecule has 1 amide bonds. The molecule has 2 rings (SSSR count). The lowest BCUT2D eigenvalue weighted by molar-refractivity contribution is 0.0621. The van der Waals surface area contributed by atoms with Crippen LogP contribution in [-0.2, 0) is 0 Å². The molecule has 0 spiro atoms. The molecule has 1 aromatic carbocycles. The first kappa shape index (κ1) is 16.7. The summed E-state index contributed by atoms with van der Waals surface area (Å²) in [5, 5.41) is 0.543. The van der Waals surface area contributed by atoms with Gasteiger partial charge in [0.2, 0.25) is 0 Å². The van der Waals surface area contributed by atoms with Gasteiger partial charge in [-0.1, -0.05) is 23.8 Å². The molecule has 1 saturated heterocycles. The van der Waals surface area contributed by atoms with Gasteiger partial charge in [-0.3, -0.25) is 9.69 Å². The molecule has 1 fully saturated rings. The van der Waals surface area contributed by atoms with E-state index < -0.39 is 0 Å². The molecule has 2 N–H and O–H groups in total. The predicted molar refractivity (Wildman–Crippen MR) is 92.9 cm³/mol. The number of hydrogen-bond acceptors (Lipinski definition) is 3. The highest BCUT2D eigenvalue weighted by atomic mass is 79.9. The number of amides is 1. The van der Waals surface area contributed by atoms with Crippen LogP contribution in [0.25, 0.3) is 0 Å².